The number of carbonyl (C=O) groups is 1. The molecule has 0 radical (unpaired) electrons. The van der Waals surface area contributed by atoms with Gasteiger partial charge in [0.05, 0.1) is 15.8 Å². The van der Waals surface area contributed by atoms with Crippen molar-refractivity contribution in [3.8, 4) is 10.7 Å². The fourth-order valence-corrected chi connectivity index (χ4v) is 3.89. The summed E-state index contributed by atoms with van der Waals surface area (Å²) in [4.78, 5) is 21.9. The van der Waals surface area contributed by atoms with E-state index in [1.54, 1.807) is 30.5 Å². The van der Waals surface area contributed by atoms with Crippen LogP contribution in [0, 0.1) is 6.92 Å². The van der Waals surface area contributed by atoms with Crippen molar-refractivity contribution in [1.29, 1.82) is 0 Å². The molecular formula is C20H14ClN3OS. The number of para-hydroxylation sites is 1. The monoisotopic (exact) mass is 379 g/mol. The molecule has 0 aliphatic heterocycles. The summed E-state index contributed by atoms with van der Waals surface area (Å²) in [5.74, 6) is -0.224. The van der Waals surface area contributed by atoms with E-state index >= 15 is 0 Å². The molecule has 0 bridgehead atoms. The lowest BCUT2D eigenvalue weighted by Gasteiger charge is -2.10. The molecule has 0 unspecified atom stereocenters. The molecule has 0 aliphatic rings. The van der Waals surface area contributed by atoms with E-state index in [0.717, 1.165) is 26.5 Å². The van der Waals surface area contributed by atoms with Crippen LogP contribution in [-0.4, -0.2) is 15.9 Å². The molecule has 6 heteroatoms. The van der Waals surface area contributed by atoms with Gasteiger partial charge in [0, 0.05) is 16.9 Å². The summed E-state index contributed by atoms with van der Waals surface area (Å²) >= 11 is 7.51. The molecule has 4 rings (SSSR count). The van der Waals surface area contributed by atoms with E-state index in [4.69, 9.17) is 11.6 Å². The first-order chi connectivity index (χ1) is 12.6. The van der Waals surface area contributed by atoms with Crippen molar-refractivity contribution in [3.63, 3.8) is 0 Å². The molecule has 4 aromatic rings. The van der Waals surface area contributed by atoms with Gasteiger partial charge in [-0.25, -0.2) is 4.98 Å². The summed E-state index contributed by atoms with van der Waals surface area (Å²) < 4.78 is 1.06. The van der Waals surface area contributed by atoms with E-state index in [1.165, 1.54) is 11.3 Å². The van der Waals surface area contributed by atoms with Crippen LogP contribution in [-0.2, 0) is 0 Å². The van der Waals surface area contributed by atoms with E-state index in [-0.39, 0.29) is 5.91 Å². The van der Waals surface area contributed by atoms with E-state index in [2.05, 4.69) is 15.3 Å². The minimum Gasteiger partial charge on any atom is -0.322 e. The molecule has 0 spiro atoms. The summed E-state index contributed by atoms with van der Waals surface area (Å²) in [6, 6.07) is 16.8. The molecule has 4 nitrogen and oxygen atoms in total. The molecular weight excluding hydrogens is 366 g/mol. The molecule has 1 amide bonds. The highest BCUT2D eigenvalue weighted by Gasteiger charge is 2.17. The normalized spacial score (nSPS) is 10.8. The third-order valence-electron chi connectivity index (χ3n) is 3.99. The predicted octanol–water partition coefficient (Wildman–Crippen LogP) is 5.57. The summed E-state index contributed by atoms with van der Waals surface area (Å²) in [6.07, 6.45) is 1.67. The molecule has 128 valence electrons. The molecule has 2 heterocycles. The number of nitrogens with one attached hydrogen (secondary N) is 1. The summed E-state index contributed by atoms with van der Waals surface area (Å²) in [5, 5.41) is 4.30. The summed E-state index contributed by atoms with van der Waals surface area (Å²) in [5.41, 5.74) is 3.59. The summed E-state index contributed by atoms with van der Waals surface area (Å²) in [6.45, 7) is 1.90. The number of nitrogens with zero attached hydrogens (tertiary/aromatic N) is 2. The Morgan fingerprint density at radius 1 is 1.12 bits per heavy atom. The number of fused-ring (bicyclic) bond motifs is 1. The third-order valence-corrected chi connectivity index (χ3v) is 5.26. The topological polar surface area (TPSA) is 54.9 Å². The maximum Gasteiger partial charge on any atom is 0.257 e. The number of hydrogen-bond acceptors (Lipinski definition) is 4. The van der Waals surface area contributed by atoms with Crippen LogP contribution in [0.2, 0.25) is 5.02 Å². The van der Waals surface area contributed by atoms with Gasteiger partial charge in [-0.15, -0.1) is 11.3 Å². The molecule has 0 aliphatic carbocycles. The van der Waals surface area contributed by atoms with E-state index < -0.39 is 0 Å². The number of halogens is 1. The standard InChI is InChI=1S/C20H14ClN3OS/c1-12-11-13(21)8-9-15(12)23-19(25)14-5-4-10-22-18(14)20-24-16-6-2-3-7-17(16)26-20/h2-11H,1H3,(H,23,25). The van der Waals surface area contributed by atoms with Crippen molar-refractivity contribution in [1.82, 2.24) is 9.97 Å². The Morgan fingerprint density at radius 2 is 1.96 bits per heavy atom. The average Bonchev–Trinajstić information content (AvgIpc) is 3.08. The molecule has 2 aromatic carbocycles. The third kappa shape index (κ3) is 3.19. The highest BCUT2D eigenvalue weighted by atomic mass is 35.5. The molecule has 2 aromatic heterocycles. The first-order valence-corrected chi connectivity index (χ1v) is 9.20. The lowest BCUT2D eigenvalue weighted by atomic mass is 10.1. The fourth-order valence-electron chi connectivity index (χ4n) is 2.69. The second-order valence-electron chi connectivity index (χ2n) is 5.80. The zero-order valence-corrected chi connectivity index (χ0v) is 15.4. The first-order valence-electron chi connectivity index (χ1n) is 8.00. The highest BCUT2D eigenvalue weighted by Crippen LogP contribution is 2.31. The second-order valence-corrected chi connectivity index (χ2v) is 7.27. The van der Waals surface area contributed by atoms with Gasteiger partial charge in [-0.3, -0.25) is 9.78 Å². The van der Waals surface area contributed by atoms with Crippen molar-refractivity contribution in [3.05, 3.63) is 76.9 Å². The molecule has 26 heavy (non-hydrogen) atoms. The van der Waals surface area contributed by atoms with Gasteiger partial charge in [0.2, 0.25) is 0 Å². The number of aromatic nitrogens is 2. The van der Waals surface area contributed by atoms with Crippen molar-refractivity contribution >= 4 is 44.7 Å². The lowest BCUT2D eigenvalue weighted by molar-refractivity contribution is 0.102. The minimum atomic E-state index is -0.224. The predicted molar refractivity (Wildman–Crippen MR) is 107 cm³/mol. The van der Waals surface area contributed by atoms with Crippen molar-refractivity contribution < 1.29 is 4.79 Å². The maximum absolute atomic E-state index is 12.9. The Balaban J connectivity index is 1.72. The molecule has 0 atom stereocenters. The second kappa shape index (κ2) is 6.86. The van der Waals surface area contributed by atoms with Gasteiger partial charge in [0.1, 0.15) is 10.7 Å². The maximum atomic E-state index is 12.9. The summed E-state index contributed by atoms with van der Waals surface area (Å²) in [7, 11) is 0. The number of carbonyl (C=O) groups excluding carboxylic acids is 1. The average molecular weight is 380 g/mol. The molecule has 0 saturated carbocycles. The number of amides is 1. The van der Waals surface area contributed by atoms with Crippen LogP contribution < -0.4 is 5.32 Å². The van der Waals surface area contributed by atoms with Gasteiger partial charge in [-0.2, -0.15) is 0 Å². The number of pyridine rings is 1. The number of anilines is 1. The Labute approximate surface area is 159 Å². The quantitative estimate of drug-likeness (QED) is 0.506. The Morgan fingerprint density at radius 3 is 2.77 bits per heavy atom. The Bertz CT molecular complexity index is 1090. The van der Waals surface area contributed by atoms with Gasteiger partial charge in [-0.1, -0.05) is 23.7 Å². The van der Waals surface area contributed by atoms with Crippen molar-refractivity contribution in [2.75, 3.05) is 5.32 Å². The van der Waals surface area contributed by atoms with Crippen molar-refractivity contribution in [2.24, 2.45) is 0 Å². The van der Waals surface area contributed by atoms with E-state index in [9.17, 15) is 4.79 Å². The molecule has 0 fully saturated rings. The smallest absolute Gasteiger partial charge is 0.257 e. The highest BCUT2D eigenvalue weighted by molar-refractivity contribution is 7.21. The molecule has 0 saturated heterocycles. The van der Waals surface area contributed by atoms with E-state index in [0.29, 0.717) is 16.3 Å². The van der Waals surface area contributed by atoms with Crippen LogP contribution in [0.15, 0.2) is 60.8 Å². The van der Waals surface area contributed by atoms with Crippen LogP contribution in [0.1, 0.15) is 15.9 Å². The van der Waals surface area contributed by atoms with E-state index in [1.807, 2.05) is 37.3 Å². The number of hydrogen-bond donors (Lipinski definition) is 1. The number of aryl methyl sites for hydroxylation is 1. The molecule has 1 N–H and O–H groups in total. The van der Waals surface area contributed by atoms with Gasteiger partial charge in [0.15, 0.2) is 0 Å². The SMILES string of the molecule is Cc1cc(Cl)ccc1NC(=O)c1cccnc1-c1nc2ccccc2s1. The zero-order chi connectivity index (χ0) is 18.1. The zero-order valence-electron chi connectivity index (χ0n) is 13.9. The number of thiazole rings is 1. The number of benzene rings is 2. The fraction of sp³-hybridized carbons (Fsp3) is 0.0500. The van der Waals surface area contributed by atoms with Gasteiger partial charge < -0.3 is 5.32 Å². The Kier molecular flexibility index (Phi) is 4.41. The minimum absolute atomic E-state index is 0.224. The lowest BCUT2D eigenvalue weighted by Crippen LogP contribution is -2.14. The van der Waals surface area contributed by atoms with Gasteiger partial charge >= 0.3 is 0 Å². The van der Waals surface area contributed by atoms with Crippen LogP contribution >= 0.6 is 22.9 Å². The van der Waals surface area contributed by atoms with Crippen molar-refractivity contribution in [2.45, 2.75) is 6.92 Å². The first kappa shape index (κ1) is 16.7. The van der Waals surface area contributed by atoms with Crippen LogP contribution in [0.5, 0.6) is 0 Å². The Hall–Kier alpha value is -2.76. The van der Waals surface area contributed by atoms with Gasteiger partial charge in [0.25, 0.3) is 5.91 Å². The largest absolute Gasteiger partial charge is 0.322 e. The van der Waals surface area contributed by atoms with Gasteiger partial charge in [-0.05, 0) is 55.0 Å². The number of rotatable bonds is 3. The van der Waals surface area contributed by atoms with Crippen LogP contribution in [0.25, 0.3) is 20.9 Å². The van der Waals surface area contributed by atoms with Crippen LogP contribution in [0.4, 0.5) is 5.69 Å². The van der Waals surface area contributed by atoms with Crippen LogP contribution in [0.3, 0.4) is 0 Å².